The van der Waals surface area contributed by atoms with Crippen LogP contribution in [0.2, 0.25) is 5.02 Å². The third-order valence-corrected chi connectivity index (χ3v) is 3.01. The zero-order valence-electron chi connectivity index (χ0n) is 10.7. The summed E-state index contributed by atoms with van der Waals surface area (Å²) in [6, 6.07) is 6.92. The maximum atomic E-state index is 12.1. The fraction of sp³-hybridized carbons (Fsp3) is 0.0769. The lowest BCUT2D eigenvalue weighted by atomic mass is 10.2. The number of anilines is 1. The highest BCUT2D eigenvalue weighted by molar-refractivity contribution is 6.34. The van der Waals surface area contributed by atoms with Gasteiger partial charge in [0.25, 0.3) is 11.6 Å². The summed E-state index contributed by atoms with van der Waals surface area (Å²) in [5, 5.41) is 13.3. The number of nitro benzene ring substituents is 1. The van der Waals surface area contributed by atoms with Crippen molar-refractivity contribution in [2.24, 2.45) is 5.73 Å². The molecule has 1 aromatic carbocycles. The van der Waals surface area contributed by atoms with Crippen LogP contribution in [0.3, 0.4) is 0 Å². The van der Waals surface area contributed by atoms with Crippen LogP contribution in [0.5, 0.6) is 0 Å². The number of nitrogens with one attached hydrogen (secondary N) is 1. The number of nitrogens with two attached hydrogens (primary N) is 1. The van der Waals surface area contributed by atoms with E-state index in [1.54, 1.807) is 6.07 Å². The molecule has 0 unspecified atom stereocenters. The first-order valence-electron chi connectivity index (χ1n) is 5.91. The largest absolute Gasteiger partial charge is 0.325 e. The third kappa shape index (κ3) is 3.53. The number of benzene rings is 1. The predicted molar refractivity (Wildman–Crippen MR) is 78.2 cm³/mol. The Morgan fingerprint density at radius 1 is 1.38 bits per heavy atom. The molecule has 1 aromatic heterocycles. The van der Waals surface area contributed by atoms with E-state index in [1.165, 1.54) is 30.5 Å². The van der Waals surface area contributed by atoms with Crippen molar-refractivity contribution in [1.82, 2.24) is 4.98 Å². The van der Waals surface area contributed by atoms with Gasteiger partial charge in [0, 0.05) is 30.4 Å². The molecule has 0 radical (unpaired) electrons. The highest BCUT2D eigenvalue weighted by Gasteiger charge is 2.13. The second-order valence-corrected chi connectivity index (χ2v) is 4.52. The molecule has 8 heteroatoms. The molecule has 0 aliphatic heterocycles. The molecule has 108 valence electrons. The lowest BCUT2D eigenvalue weighted by molar-refractivity contribution is -0.384. The van der Waals surface area contributed by atoms with Crippen molar-refractivity contribution >= 4 is 28.9 Å². The zero-order valence-corrected chi connectivity index (χ0v) is 11.5. The topological polar surface area (TPSA) is 111 Å². The summed E-state index contributed by atoms with van der Waals surface area (Å²) in [5.41, 5.74) is 6.56. The molecule has 0 aliphatic rings. The zero-order chi connectivity index (χ0) is 15.4. The van der Waals surface area contributed by atoms with E-state index in [0.717, 1.165) is 0 Å². The number of non-ortho nitro benzene ring substituents is 1. The number of hydrogen-bond acceptors (Lipinski definition) is 5. The molecule has 0 saturated heterocycles. The summed E-state index contributed by atoms with van der Waals surface area (Å²) in [5.74, 6) is -0.400. The van der Waals surface area contributed by atoms with E-state index in [2.05, 4.69) is 10.3 Å². The second-order valence-electron chi connectivity index (χ2n) is 4.12. The van der Waals surface area contributed by atoms with Gasteiger partial charge in [0.2, 0.25) is 0 Å². The van der Waals surface area contributed by atoms with Gasteiger partial charge in [-0.2, -0.15) is 0 Å². The Bertz CT molecular complexity index is 706. The maximum Gasteiger partial charge on any atom is 0.271 e. The van der Waals surface area contributed by atoms with Gasteiger partial charge < -0.3 is 11.1 Å². The van der Waals surface area contributed by atoms with Crippen LogP contribution < -0.4 is 11.1 Å². The Morgan fingerprint density at radius 3 is 2.76 bits per heavy atom. The Morgan fingerprint density at radius 2 is 2.14 bits per heavy atom. The molecule has 1 heterocycles. The van der Waals surface area contributed by atoms with E-state index >= 15 is 0 Å². The molecule has 0 spiro atoms. The molecule has 2 rings (SSSR count). The number of carbonyl (C=O) groups is 1. The Balaban J connectivity index is 2.21. The number of amides is 1. The Kier molecular flexibility index (Phi) is 4.46. The van der Waals surface area contributed by atoms with Crippen molar-refractivity contribution in [2.45, 2.75) is 6.54 Å². The summed E-state index contributed by atoms with van der Waals surface area (Å²) in [6.07, 6.45) is 1.48. The fourth-order valence-electron chi connectivity index (χ4n) is 1.64. The Labute approximate surface area is 124 Å². The second kappa shape index (κ2) is 6.29. The van der Waals surface area contributed by atoms with E-state index in [4.69, 9.17) is 17.3 Å². The first-order chi connectivity index (χ1) is 10.0. The Hall–Kier alpha value is -2.51. The van der Waals surface area contributed by atoms with Gasteiger partial charge in [-0.15, -0.1) is 0 Å². The average Bonchev–Trinajstić information content (AvgIpc) is 2.49. The van der Waals surface area contributed by atoms with E-state index in [0.29, 0.717) is 16.9 Å². The molecule has 0 bridgehead atoms. The lowest BCUT2D eigenvalue weighted by Crippen LogP contribution is -2.13. The van der Waals surface area contributed by atoms with Gasteiger partial charge in [0.15, 0.2) is 0 Å². The number of rotatable bonds is 4. The molecule has 0 saturated carbocycles. The molecule has 3 N–H and O–H groups in total. The van der Waals surface area contributed by atoms with E-state index in [1.807, 2.05) is 0 Å². The normalized spacial score (nSPS) is 10.2. The van der Waals surface area contributed by atoms with Crippen LogP contribution in [0.4, 0.5) is 11.4 Å². The molecule has 7 nitrogen and oxygen atoms in total. The van der Waals surface area contributed by atoms with Crippen molar-refractivity contribution < 1.29 is 9.72 Å². The van der Waals surface area contributed by atoms with Crippen LogP contribution in [0.1, 0.15) is 16.1 Å². The van der Waals surface area contributed by atoms with Crippen LogP contribution in [0.25, 0.3) is 0 Å². The van der Waals surface area contributed by atoms with Crippen LogP contribution in [0, 0.1) is 10.1 Å². The van der Waals surface area contributed by atoms with E-state index in [9.17, 15) is 14.9 Å². The molecular weight excluding hydrogens is 296 g/mol. The summed E-state index contributed by atoms with van der Waals surface area (Å²) in [6.45, 7) is 0.222. The average molecular weight is 307 g/mol. The van der Waals surface area contributed by atoms with E-state index in [-0.39, 0.29) is 17.3 Å². The molecule has 1 amide bonds. The molecule has 0 aliphatic carbocycles. The van der Waals surface area contributed by atoms with Gasteiger partial charge in [-0.25, -0.2) is 0 Å². The standard InChI is InChI=1S/C13H11ClN4O3/c14-11-6-10(18(20)21)1-2-12(11)17-13(19)8-3-4-16-9(5-8)7-15/h1-6H,7,15H2,(H,17,19). The molecule has 0 fully saturated rings. The summed E-state index contributed by atoms with van der Waals surface area (Å²) >= 11 is 5.91. The minimum atomic E-state index is -0.562. The minimum Gasteiger partial charge on any atom is -0.325 e. The van der Waals surface area contributed by atoms with Gasteiger partial charge in [-0.05, 0) is 18.2 Å². The molecule has 0 atom stereocenters. The van der Waals surface area contributed by atoms with Crippen LogP contribution in [-0.4, -0.2) is 15.8 Å². The van der Waals surface area contributed by atoms with Crippen molar-refractivity contribution in [3.8, 4) is 0 Å². The lowest BCUT2D eigenvalue weighted by Gasteiger charge is -2.07. The van der Waals surface area contributed by atoms with Crippen molar-refractivity contribution in [2.75, 3.05) is 5.32 Å². The minimum absolute atomic E-state index is 0.0886. The quantitative estimate of drug-likeness (QED) is 0.665. The summed E-state index contributed by atoms with van der Waals surface area (Å²) < 4.78 is 0. The summed E-state index contributed by atoms with van der Waals surface area (Å²) in [4.78, 5) is 26.1. The fourth-order valence-corrected chi connectivity index (χ4v) is 1.87. The maximum absolute atomic E-state index is 12.1. The number of aromatic nitrogens is 1. The van der Waals surface area contributed by atoms with E-state index < -0.39 is 10.8 Å². The van der Waals surface area contributed by atoms with Gasteiger partial charge in [-0.1, -0.05) is 11.6 Å². The number of halogens is 1. The van der Waals surface area contributed by atoms with Crippen molar-refractivity contribution in [1.29, 1.82) is 0 Å². The highest BCUT2D eigenvalue weighted by Crippen LogP contribution is 2.27. The van der Waals surface area contributed by atoms with Gasteiger partial charge >= 0.3 is 0 Å². The first kappa shape index (κ1) is 14.9. The number of nitro groups is 1. The predicted octanol–water partition coefficient (Wildman–Crippen LogP) is 2.35. The van der Waals surface area contributed by atoms with Crippen molar-refractivity contribution in [3.63, 3.8) is 0 Å². The monoisotopic (exact) mass is 306 g/mol. The van der Waals surface area contributed by atoms with Crippen molar-refractivity contribution in [3.05, 3.63) is 62.9 Å². The van der Waals surface area contributed by atoms with Gasteiger partial charge in [0.05, 0.1) is 21.3 Å². The number of hydrogen-bond donors (Lipinski definition) is 2. The number of carbonyl (C=O) groups excluding carboxylic acids is 1. The smallest absolute Gasteiger partial charge is 0.271 e. The summed E-state index contributed by atoms with van der Waals surface area (Å²) in [7, 11) is 0. The van der Waals surface area contributed by atoms with Crippen LogP contribution in [-0.2, 0) is 6.54 Å². The highest BCUT2D eigenvalue weighted by atomic mass is 35.5. The number of pyridine rings is 1. The number of nitrogens with zero attached hydrogens (tertiary/aromatic N) is 2. The van der Waals surface area contributed by atoms with Crippen LogP contribution in [0.15, 0.2) is 36.5 Å². The van der Waals surface area contributed by atoms with Crippen LogP contribution >= 0.6 is 11.6 Å². The first-order valence-corrected chi connectivity index (χ1v) is 6.29. The van der Waals surface area contributed by atoms with Gasteiger partial charge in [-0.3, -0.25) is 19.9 Å². The SMILES string of the molecule is NCc1cc(C(=O)Nc2ccc([N+](=O)[O-])cc2Cl)ccn1. The molecule has 21 heavy (non-hydrogen) atoms. The molecular formula is C13H11ClN4O3. The third-order valence-electron chi connectivity index (χ3n) is 2.70. The molecule has 2 aromatic rings. The van der Waals surface area contributed by atoms with Gasteiger partial charge in [0.1, 0.15) is 0 Å².